The van der Waals surface area contributed by atoms with Crippen LogP contribution in [0.1, 0.15) is 49.3 Å². The third kappa shape index (κ3) is 3.61. The van der Waals surface area contributed by atoms with Crippen LogP contribution in [0.5, 0.6) is 0 Å². The van der Waals surface area contributed by atoms with Gasteiger partial charge < -0.3 is 5.32 Å². The first kappa shape index (κ1) is 15.5. The Kier molecular flexibility index (Phi) is 4.55. The standard InChI is InChI=1S/C16H21BrN2S/c1-10(18-13-8-6-12(17)7-9-13)14-11(2)19-15(20-14)16(3,4)5/h6-10,18H,1-5H3. The molecule has 0 saturated heterocycles. The van der Waals surface area contributed by atoms with Crippen molar-refractivity contribution in [2.45, 2.75) is 46.1 Å². The molecule has 0 aliphatic carbocycles. The van der Waals surface area contributed by atoms with Gasteiger partial charge in [-0.3, -0.25) is 0 Å². The highest BCUT2D eigenvalue weighted by atomic mass is 79.9. The lowest BCUT2D eigenvalue weighted by Gasteiger charge is -2.15. The fraction of sp³-hybridized carbons (Fsp3) is 0.438. The van der Waals surface area contributed by atoms with Crippen molar-refractivity contribution in [3.63, 3.8) is 0 Å². The first-order valence-electron chi connectivity index (χ1n) is 6.77. The van der Waals surface area contributed by atoms with E-state index in [9.17, 15) is 0 Å². The summed E-state index contributed by atoms with van der Waals surface area (Å²) in [5.41, 5.74) is 2.38. The van der Waals surface area contributed by atoms with Crippen molar-refractivity contribution in [3.05, 3.63) is 44.3 Å². The number of anilines is 1. The fourth-order valence-corrected chi connectivity index (χ4v) is 3.38. The molecule has 1 atom stereocenters. The van der Waals surface area contributed by atoms with Crippen LogP contribution in [0, 0.1) is 6.92 Å². The highest BCUT2D eigenvalue weighted by Gasteiger charge is 2.22. The van der Waals surface area contributed by atoms with Gasteiger partial charge in [0.2, 0.25) is 0 Å². The van der Waals surface area contributed by atoms with E-state index in [1.165, 1.54) is 9.88 Å². The third-order valence-electron chi connectivity index (χ3n) is 3.09. The number of benzene rings is 1. The minimum Gasteiger partial charge on any atom is -0.378 e. The number of aryl methyl sites for hydroxylation is 1. The number of hydrogen-bond acceptors (Lipinski definition) is 3. The quantitative estimate of drug-likeness (QED) is 0.767. The van der Waals surface area contributed by atoms with Crippen LogP contribution in [0.3, 0.4) is 0 Å². The lowest BCUT2D eigenvalue weighted by atomic mass is 9.98. The molecule has 0 saturated carbocycles. The second-order valence-electron chi connectivity index (χ2n) is 6.09. The van der Waals surface area contributed by atoms with E-state index in [4.69, 9.17) is 4.98 Å². The van der Waals surface area contributed by atoms with E-state index in [1.54, 1.807) is 0 Å². The number of halogens is 1. The summed E-state index contributed by atoms with van der Waals surface area (Å²) in [4.78, 5) is 6.05. The van der Waals surface area contributed by atoms with Crippen LogP contribution in [0.2, 0.25) is 0 Å². The Morgan fingerprint density at radius 2 is 1.80 bits per heavy atom. The van der Waals surface area contributed by atoms with E-state index in [1.807, 2.05) is 11.3 Å². The summed E-state index contributed by atoms with van der Waals surface area (Å²) in [6.07, 6.45) is 0. The van der Waals surface area contributed by atoms with E-state index < -0.39 is 0 Å². The van der Waals surface area contributed by atoms with Crippen molar-refractivity contribution in [1.29, 1.82) is 0 Å². The van der Waals surface area contributed by atoms with Crippen LogP contribution in [-0.4, -0.2) is 4.98 Å². The van der Waals surface area contributed by atoms with Crippen molar-refractivity contribution in [2.24, 2.45) is 0 Å². The molecule has 0 aliphatic rings. The molecular formula is C16H21BrN2S. The summed E-state index contributed by atoms with van der Waals surface area (Å²) >= 11 is 5.27. The molecule has 0 fully saturated rings. The molecule has 4 heteroatoms. The Labute approximate surface area is 133 Å². The zero-order valence-electron chi connectivity index (χ0n) is 12.6. The predicted molar refractivity (Wildman–Crippen MR) is 91.7 cm³/mol. The number of thiazole rings is 1. The molecule has 0 radical (unpaired) electrons. The van der Waals surface area contributed by atoms with E-state index in [-0.39, 0.29) is 11.5 Å². The second-order valence-corrected chi connectivity index (χ2v) is 8.04. The number of aromatic nitrogens is 1. The summed E-state index contributed by atoms with van der Waals surface area (Å²) in [7, 11) is 0. The predicted octanol–water partition coefficient (Wildman–Crippen LogP) is 5.68. The molecule has 2 nitrogen and oxygen atoms in total. The van der Waals surface area contributed by atoms with E-state index in [0.29, 0.717) is 0 Å². The molecule has 1 N–H and O–H groups in total. The average molecular weight is 353 g/mol. The zero-order chi connectivity index (χ0) is 14.9. The second kappa shape index (κ2) is 5.86. The summed E-state index contributed by atoms with van der Waals surface area (Å²) < 4.78 is 1.10. The van der Waals surface area contributed by atoms with Gasteiger partial charge in [0.15, 0.2) is 0 Å². The molecule has 0 spiro atoms. The summed E-state index contributed by atoms with van der Waals surface area (Å²) in [6, 6.07) is 8.54. The van der Waals surface area contributed by atoms with Gasteiger partial charge in [0, 0.05) is 20.5 Å². The Morgan fingerprint density at radius 1 is 1.20 bits per heavy atom. The molecule has 0 bridgehead atoms. The largest absolute Gasteiger partial charge is 0.378 e. The molecule has 1 aromatic carbocycles. The van der Waals surface area contributed by atoms with Gasteiger partial charge in [0.25, 0.3) is 0 Å². The Bertz CT molecular complexity index is 582. The van der Waals surface area contributed by atoms with Gasteiger partial charge in [-0.25, -0.2) is 4.98 Å². The van der Waals surface area contributed by atoms with Gasteiger partial charge >= 0.3 is 0 Å². The molecule has 1 unspecified atom stereocenters. The zero-order valence-corrected chi connectivity index (χ0v) is 15.0. The first-order chi connectivity index (χ1) is 9.27. The molecule has 20 heavy (non-hydrogen) atoms. The molecule has 108 valence electrons. The van der Waals surface area contributed by atoms with Crippen molar-refractivity contribution in [1.82, 2.24) is 4.98 Å². The molecule has 1 aromatic heterocycles. The van der Waals surface area contributed by atoms with E-state index >= 15 is 0 Å². The number of hydrogen-bond donors (Lipinski definition) is 1. The maximum Gasteiger partial charge on any atom is 0.0985 e. The van der Waals surface area contributed by atoms with Gasteiger partial charge in [0.1, 0.15) is 0 Å². The summed E-state index contributed by atoms with van der Waals surface area (Å²) in [5.74, 6) is 0. The van der Waals surface area contributed by atoms with Gasteiger partial charge in [-0.15, -0.1) is 11.3 Å². The molecule has 2 aromatic rings. The maximum atomic E-state index is 4.73. The van der Waals surface area contributed by atoms with Crippen LogP contribution < -0.4 is 5.32 Å². The number of nitrogens with one attached hydrogen (secondary N) is 1. The van der Waals surface area contributed by atoms with Crippen LogP contribution in [0.15, 0.2) is 28.7 Å². The lowest BCUT2D eigenvalue weighted by Crippen LogP contribution is -2.10. The van der Waals surface area contributed by atoms with Crippen molar-refractivity contribution < 1.29 is 0 Å². The SMILES string of the molecule is Cc1nc(C(C)(C)C)sc1C(C)Nc1ccc(Br)cc1. The minimum atomic E-state index is 0.116. The molecular weight excluding hydrogens is 332 g/mol. The summed E-state index contributed by atoms with van der Waals surface area (Å²) in [6.45, 7) is 10.9. The Hall–Kier alpha value is -0.870. The Morgan fingerprint density at radius 3 is 2.30 bits per heavy atom. The maximum absolute atomic E-state index is 4.73. The molecule has 0 aliphatic heterocycles. The van der Waals surface area contributed by atoms with Gasteiger partial charge in [-0.05, 0) is 38.1 Å². The third-order valence-corrected chi connectivity index (χ3v) is 5.39. The molecule has 1 heterocycles. The summed E-state index contributed by atoms with van der Waals surface area (Å²) in [5, 5.41) is 4.74. The monoisotopic (exact) mass is 352 g/mol. The highest BCUT2D eigenvalue weighted by Crippen LogP contribution is 2.33. The van der Waals surface area contributed by atoms with Crippen molar-refractivity contribution in [3.8, 4) is 0 Å². The smallest absolute Gasteiger partial charge is 0.0985 e. The number of rotatable bonds is 3. The van der Waals surface area contributed by atoms with Crippen LogP contribution in [0.4, 0.5) is 5.69 Å². The van der Waals surface area contributed by atoms with E-state index in [0.717, 1.165) is 15.9 Å². The van der Waals surface area contributed by atoms with Crippen LogP contribution in [0.25, 0.3) is 0 Å². The van der Waals surface area contributed by atoms with Crippen molar-refractivity contribution >= 4 is 33.0 Å². The first-order valence-corrected chi connectivity index (χ1v) is 8.38. The van der Waals surface area contributed by atoms with Gasteiger partial charge in [-0.2, -0.15) is 0 Å². The van der Waals surface area contributed by atoms with Gasteiger partial charge in [0.05, 0.1) is 16.7 Å². The molecule has 0 amide bonds. The normalized spacial score (nSPS) is 13.3. The van der Waals surface area contributed by atoms with Crippen LogP contribution in [-0.2, 0) is 5.41 Å². The Balaban J connectivity index is 2.19. The number of nitrogens with zero attached hydrogens (tertiary/aromatic N) is 1. The van der Waals surface area contributed by atoms with Gasteiger partial charge in [-0.1, -0.05) is 36.7 Å². The molecule has 2 rings (SSSR count). The average Bonchev–Trinajstić information content (AvgIpc) is 2.74. The van der Waals surface area contributed by atoms with Crippen LogP contribution >= 0.6 is 27.3 Å². The topological polar surface area (TPSA) is 24.9 Å². The fourth-order valence-electron chi connectivity index (χ4n) is 1.99. The minimum absolute atomic E-state index is 0.116. The highest BCUT2D eigenvalue weighted by molar-refractivity contribution is 9.10. The van der Waals surface area contributed by atoms with Crippen molar-refractivity contribution in [2.75, 3.05) is 5.32 Å². The lowest BCUT2D eigenvalue weighted by molar-refractivity contribution is 0.584. The van der Waals surface area contributed by atoms with E-state index in [2.05, 4.69) is 80.1 Å².